The van der Waals surface area contributed by atoms with E-state index in [0.717, 1.165) is 5.56 Å². The van der Waals surface area contributed by atoms with Gasteiger partial charge in [-0.25, -0.2) is 5.10 Å². The molecule has 3 rings (SSSR count). The molecule has 0 unspecified atom stereocenters. The van der Waals surface area contributed by atoms with Gasteiger partial charge >= 0.3 is 0 Å². The van der Waals surface area contributed by atoms with Crippen molar-refractivity contribution in [2.24, 2.45) is 5.10 Å². The average Bonchev–Trinajstić information content (AvgIpc) is 3.00. The molecule has 0 saturated carbocycles. The lowest BCUT2D eigenvalue weighted by Gasteiger charge is -1.99. The summed E-state index contributed by atoms with van der Waals surface area (Å²) in [5.74, 6) is 0.522. The molecule has 0 aliphatic carbocycles. The first-order chi connectivity index (χ1) is 12.2. The fourth-order valence-corrected chi connectivity index (χ4v) is 2.31. The predicted octanol–water partition coefficient (Wildman–Crippen LogP) is 3.46. The number of nitro groups is 1. The van der Waals surface area contributed by atoms with Crippen LogP contribution in [0.4, 0.5) is 5.69 Å². The van der Waals surface area contributed by atoms with E-state index in [-0.39, 0.29) is 5.69 Å². The van der Waals surface area contributed by atoms with Gasteiger partial charge in [-0.3, -0.25) is 15.1 Å². The van der Waals surface area contributed by atoms with Gasteiger partial charge in [0.15, 0.2) is 5.82 Å². The zero-order valence-electron chi connectivity index (χ0n) is 12.8. The number of aromatic nitrogens is 4. The molecule has 0 aliphatic heterocycles. The number of allylic oxidation sites excluding steroid dienone is 1. The molecule has 2 heterocycles. The Morgan fingerprint density at radius 1 is 1.28 bits per heavy atom. The number of nitrogens with zero attached hydrogens (tertiary/aromatic N) is 5. The molecule has 0 spiro atoms. The lowest BCUT2D eigenvalue weighted by Crippen LogP contribution is -1.94. The summed E-state index contributed by atoms with van der Waals surface area (Å²) in [5.41, 5.74) is 1.28. The second kappa shape index (κ2) is 7.41. The SMILES string of the molecule is O=[N+]([O-])c1ccccc1/C=C/C=N/n1c(-c2cccnc2)n[nH]c1=S. The molecule has 124 valence electrons. The van der Waals surface area contributed by atoms with Crippen molar-refractivity contribution in [2.45, 2.75) is 0 Å². The van der Waals surface area contributed by atoms with Crippen molar-refractivity contribution in [1.29, 1.82) is 0 Å². The molecular weight excluding hydrogens is 340 g/mol. The van der Waals surface area contributed by atoms with Crippen molar-refractivity contribution in [3.63, 3.8) is 0 Å². The van der Waals surface area contributed by atoms with Crippen LogP contribution in [0.2, 0.25) is 0 Å². The minimum absolute atomic E-state index is 0.0307. The maximum absolute atomic E-state index is 11.0. The maximum Gasteiger partial charge on any atom is 0.276 e. The lowest BCUT2D eigenvalue weighted by atomic mass is 10.2. The third-order valence-electron chi connectivity index (χ3n) is 3.25. The van der Waals surface area contributed by atoms with Gasteiger partial charge < -0.3 is 0 Å². The van der Waals surface area contributed by atoms with Crippen LogP contribution in [0.25, 0.3) is 17.5 Å². The number of hydrogen-bond donors (Lipinski definition) is 1. The molecule has 3 aromatic rings. The molecule has 0 bridgehead atoms. The minimum atomic E-state index is -0.427. The first-order valence-corrected chi connectivity index (χ1v) is 7.60. The van der Waals surface area contributed by atoms with E-state index >= 15 is 0 Å². The highest BCUT2D eigenvalue weighted by molar-refractivity contribution is 7.71. The Balaban J connectivity index is 1.86. The average molecular weight is 352 g/mol. The van der Waals surface area contributed by atoms with Crippen LogP contribution in [0.15, 0.2) is 60.0 Å². The van der Waals surface area contributed by atoms with Gasteiger partial charge in [0, 0.05) is 30.2 Å². The van der Waals surface area contributed by atoms with Crippen molar-refractivity contribution >= 4 is 30.2 Å². The molecule has 0 atom stereocenters. The van der Waals surface area contributed by atoms with Crippen LogP contribution in [0.1, 0.15) is 5.56 Å². The minimum Gasteiger partial charge on any atom is -0.264 e. The van der Waals surface area contributed by atoms with Gasteiger partial charge in [-0.2, -0.15) is 14.9 Å². The monoisotopic (exact) mass is 352 g/mol. The normalized spacial score (nSPS) is 11.4. The highest BCUT2D eigenvalue weighted by atomic mass is 32.1. The van der Waals surface area contributed by atoms with Crippen LogP contribution >= 0.6 is 12.2 Å². The number of H-pyrrole nitrogens is 1. The highest BCUT2D eigenvalue weighted by Crippen LogP contribution is 2.19. The van der Waals surface area contributed by atoms with E-state index in [9.17, 15) is 10.1 Å². The Kier molecular flexibility index (Phi) is 4.86. The molecule has 0 amide bonds. The smallest absolute Gasteiger partial charge is 0.264 e. The Hall–Kier alpha value is -3.46. The summed E-state index contributed by atoms with van der Waals surface area (Å²) in [5, 5.41) is 22.0. The summed E-state index contributed by atoms with van der Waals surface area (Å²) < 4.78 is 1.78. The van der Waals surface area contributed by atoms with E-state index in [2.05, 4.69) is 20.3 Å². The van der Waals surface area contributed by atoms with Crippen molar-refractivity contribution in [3.8, 4) is 11.4 Å². The van der Waals surface area contributed by atoms with Crippen LogP contribution in [-0.4, -0.2) is 31.0 Å². The number of benzene rings is 1. The van der Waals surface area contributed by atoms with Gasteiger partial charge in [0.2, 0.25) is 4.77 Å². The molecule has 9 heteroatoms. The quantitative estimate of drug-likeness (QED) is 0.328. The topological polar surface area (TPSA) is 102 Å². The maximum atomic E-state index is 11.0. The highest BCUT2D eigenvalue weighted by Gasteiger charge is 2.09. The number of para-hydroxylation sites is 1. The van der Waals surface area contributed by atoms with E-state index in [1.165, 1.54) is 17.0 Å². The lowest BCUT2D eigenvalue weighted by molar-refractivity contribution is -0.385. The Labute approximate surface area is 147 Å². The van der Waals surface area contributed by atoms with Gasteiger partial charge in [0.05, 0.1) is 10.5 Å². The Morgan fingerprint density at radius 3 is 2.88 bits per heavy atom. The molecule has 2 aromatic heterocycles. The van der Waals surface area contributed by atoms with Crippen molar-refractivity contribution < 1.29 is 4.92 Å². The fraction of sp³-hybridized carbons (Fsp3) is 0. The number of hydrogen-bond acceptors (Lipinski definition) is 6. The summed E-state index contributed by atoms with van der Waals surface area (Å²) >= 11 is 5.17. The molecule has 0 saturated heterocycles. The zero-order chi connectivity index (χ0) is 17.6. The summed E-state index contributed by atoms with van der Waals surface area (Å²) in [6, 6.07) is 10.1. The van der Waals surface area contributed by atoms with E-state index in [0.29, 0.717) is 16.2 Å². The van der Waals surface area contributed by atoms with E-state index in [4.69, 9.17) is 12.2 Å². The van der Waals surface area contributed by atoms with Crippen LogP contribution in [0, 0.1) is 14.9 Å². The molecule has 0 fully saturated rings. The molecular formula is C16H12N6O2S. The van der Waals surface area contributed by atoms with Crippen LogP contribution in [-0.2, 0) is 0 Å². The van der Waals surface area contributed by atoms with Crippen molar-refractivity contribution in [3.05, 3.63) is 75.3 Å². The van der Waals surface area contributed by atoms with Crippen LogP contribution in [0.5, 0.6) is 0 Å². The van der Waals surface area contributed by atoms with Gasteiger partial charge in [0.25, 0.3) is 5.69 Å². The van der Waals surface area contributed by atoms with Crippen LogP contribution in [0.3, 0.4) is 0 Å². The molecule has 0 radical (unpaired) electrons. The zero-order valence-corrected chi connectivity index (χ0v) is 13.6. The second-order valence-corrected chi connectivity index (χ2v) is 5.23. The molecule has 1 aromatic carbocycles. The van der Waals surface area contributed by atoms with Gasteiger partial charge in [-0.05, 0) is 42.6 Å². The molecule has 0 aliphatic rings. The number of rotatable bonds is 5. The largest absolute Gasteiger partial charge is 0.276 e. The molecule has 8 nitrogen and oxygen atoms in total. The van der Waals surface area contributed by atoms with Gasteiger partial charge in [-0.15, -0.1) is 0 Å². The number of nitro benzene ring substituents is 1. The molecule has 25 heavy (non-hydrogen) atoms. The summed E-state index contributed by atoms with van der Waals surface area (Å²) in [6.45, 7) is 0. The van der Waals surface area contributed by atoms with Gasteiger partial charge in [0.1, 0.15) is 0 Å². The first-order valence-electron chi connectivity index (χ1n) is 7.19. The van der Waals surface area contributed by atoms with E-state index in [1.807, 2.05) is 6.07 Å². The summed E-state index contributed by atoms with van der Waals surface area (Å²) in [6.07, 6.45) is 8.01. The van der Waals surface area contributed by atoms with Crippen LogP contribution < -0.4 is 0 Å². The Morgan fingerprint density at radius 2 is 2.12 bits per heavy atom. The predicted molar refractivity (Wildman–Crippen MR) is 96.7 cm³/mol. The standard InChI is InChI=1S/C16H12N6O2S/c23-22(24)14-8-2-1-5-12(14)6-4-10-18-21-15(19-20-16(21)25)13-7-3-9-17-11-13/h1-11H,(H,20,25)/b6-4+,18-10+. The Bertz CT molecular complexity index is 1010. The fourth-order valence-electron chi connectivity index (χ4n) is 2.13. The van der Waals surface area contributed by atoms with Gasteiger partial charge in [-0.1, -0.05) is 12.1 Å². The van der Waals surface area contributed by atoms with Crippen molar-refractivity contribution in [2.75, 3.05) is 0 Å². The first kappa shape index (κ1) is 16.4. The third-order valence-corrected chi connectivity index (χ3v) is 3.51. The summed E-state index contributed by atoms with van der Waals surface area (Å²) in [4.78, 5) is 14.6. The number of aromatic amines is 1. The van der Waals surface area contributed by atoms with Crippen molar-refractivity contribution in [1.82, 2.24) is 19.9 Å². The second-order valence-electron chi connectivity index (χ2n) is 4.85. The van der Waals surface area contributed by atoms with E-state index < -0.39 is 4.92 Å². The third kappa shape index (κ3) is 3.72. The summed E-state index contributed by atoms with van der Waals surface area (Å²) in [7, 11) is 0. The molecule has 1 N–H and O–H groups in total. The van der Waals surface area contributed by atoms with E-state index in [1.54, 1.807) is 48.8 Å². The number of pyridine rings is 1. The number of nitrogens with one attached hydrogen (secondary N) is 1.